The van der Waals surface area contributed by atoms with Gasteiger partial charge in [-0.2, -0.15) is 5.10 Å². The molecule has 10 heteroatoms. The molecule has 0 spiro atoms. The van der Waals surface area contributed by atoms with Gasteiger partial charge in [0.1, 0.15) is 0 Å². The Morgan fingerprint density at radius 2 is 1.89 bits per heavy atom. The van der Waals surface area contributed by atoms with Crippen LogP contribution in [0, 0.1) is 0 Å². The number of hydrogen-bond donors (Lipinski definition) is 3. The van der Waals surface area contributed by atoms with Gasteiger partial charge >= 0.3 is 6.03 Å². The SMILES string of the molecule is O=C(NCCS(=O)(=O)Nc1ccn2nccc2c1)NCc1ccc(Cl)cc1. The molecule has 3 N–H and O–H groups in total. The number of pyridine rings is 1. The summed E-state index contributed by atoms with van der Waals surface area (Å²) in [5, 5.41) is 9.84. The van der Waals surface area contributed by atoms with E-state index in [0.29, 0.717) is 17.3 Å². The number of urea groups is 1. The van der Waals surface area contributed by atoms with Gasteiger partial charge < -0.3 is 10.6 Å². The summed E-state index contributed by atoms with van der Waals surface area (Å²) < 4.78 is 28.4. The smallest absolute Gasteiger partial charge is 0.315 e. The van der Waals surface area contributed by atoms with Crippen LogP contribution in [0.2, 0.25) is 5.02 Å². The van der Waals surface area contributed by atoms with Crippen molar-refractivity contribution in [3.63, 3.8) is 0 Å². The molecule has 0 fully saturated rings. The number of halogens is 1. The lowest BCUT2D eigenvalue weighted by Crippen LogP contribution is -2.38. The summed E-state index contributed by atoms with van der Waals surface area (Å²) in [6.07, 6.45) is 3.29. The summed E-state index contributed by atoms with van der Waals surface area (Å²) in [6.45, 7) is 0.302. The van der Waals surface area contributed by atoms with Crippen LogP contribution in [0.15, 0.2) is 54.9 Å². The highest BCUT2D eigenvalue weighted by Gasteiger charge is 2.11. The van der Waals surface area contributed by atoms with Gasteiger partial charge in [-0.15, -0.1) is 0 Å². The van der Waals surface area contributed by atoms with E-state index in [1.54, 1.807) is 59.4 Å². The molecule has 8 nitrogen and oxygen atoms in total. The average Bonchev–Trinajstić information content (AvgIpc) is 3.08. The van der Waals surface area contributed by atoms with Gasteiger partial charge in [0, 0.05) is 30.5 Å². The van der Waals surface area contributed by atoms with E-state index in [0.717, 1.165) is 11.1 Å². The van der Waals surface area contributed by atoms with Crippen molar-refractivity contribution in [2.24, 2.45) is 0 Å². The highest BCUT2D eigenvalue weighted by atomic mass is 35.5. The molecule has 3 aromatic rings. The van der Waals surface area contributed by atoms with Crippen molar-refractivity contribution < 1.29 is 13.2 Å². The maximum atomic E-state index is 12.1. The van der Waals surface area contributed by atoms with Crippen molar-refractivity contribution in [3.8, 4) is 0 Å². The minimum absolute atomic E-state index is 0.0172. The molecule has 27 heavy (non-hydrogen) atoms. The summed E-state index contributed by atoms with van der Waals surface area (Å²) in [7, 11) is -3.59. The topological polar surface area (TPSA) is 105 Å². The van der Waals surface area contributed by atoms with E-state index < -0.39 is 16.1 Å². The van der Waals surface area contributed by atoms with Crippen LogP contribution in [0.1, 0.15) is 5.56 Å². The maximum Gasteiger partial charge on any atom is 0.315 e. The minimum Gasteiger partial charge on any atom is -0.337 e. The Bertz CT molecular complexity index is 1030. The molecule has 0 atom stereocenters. The van der Waals surface area contributed by atoms with Crippen molar-refractivity contribution in [1.29, 1.82) is 0 Å². The molecular formula is C17H18ClN5O3S. The van der Waals surface area contributed by atoms with Crippen molar-refractivity contribution in [2.45, 2.75) is 6.54 Å². The van der Waals surface area contributed by atoms with Crippen molar-refractivity contribution in [1.82, 2.24) is 20.2 Å². The first kappa shape index (κ1) is 19.0. The molecule has 2 aromatic heterocycles. The van der Waals surface area contributed by atoms with Crippen LogP contribution < -0.4 is 15.4 Å². The summed E-state index contributed by atoms with van der Waals surface area (Å²) in [4.78, 5) is 11.8. The zero-order valence-corrected chi connectivity index (χ0v) is 15.8. The zero-order valence-electron chi connectivity index (χ0n) is 14.2. The summed E-state index contributed by atoms with van der Waals surface area (Å²) in [6, 6.07) is 11.7. The number of anilines is 1. The molecule has 0 unspecified atom stereocenters. The Balaban J connectivity index is 1.44. The molecule has 1 aromatic carbocycles. The van der Waals surface area contributed by atoms with Gasteiger partial charge in [-0.3, -0.25) is 4.72 Å². The molecular weight excluding hydrogens is 390 g/mol. The molecule has 3 rings (SSSR count). The number of carbonyl (C=O) groups is 1. The fraction of sp³-hybridized carbons (Fsp3) is 0.176. The van der Waals surface area contributed by atoms with Gasteiger partial charge in [0.25, 0.3) is 0 Å². The minimum atomic E-state index is -3.59. The van der Waals surface area contributed by atoms with Gasteiger partial charge in [-0.1, -0.05) is 23.7 Å². The first-order valence-corrected chi connectivity index (χ1v) is 10.1. The van der Waals surface area contributed by atoms with Gasteiger partial charge in [0.05, 0.1) is 17.0 Å². The van der Waals surface area contributed by atoms with E-state index in [1.165, 1.54) is 0 Å². The number of rotatable bonds is 7. The normalized spacial score (nSPS) is 11.3. The first-order chi connectivity index (χ1) is 12.9. The largest absolute Gasteiger partial charge is 0.337 e. The van der Waals surface area contributed by atoms with Crippen LogP contribution in [-0.2, 0) is 16.6 Å². The molecule has 0 saturated carbocycles. The zero-order chi connectivity index (χ0) is 19.3. The molecule has 2 heterocycles. The van der Waals surface area contributed by atoms with E-state index in [1.807, 2.05) is 0 Å². The highest BCUT2D eigenvalue weighted by molar-refractivity contribution is 7.92. The third kappa shape index (κ3) is 5.60. The van der Waals surface area contributed by atoms with Crippen LogP contribution in [0.25, 0.3) is 5.52 Å². The lowest BCUT2D eigenvalue weighted by Gasteiger charge is -2.10. The van der Waals surface area contributed by atoms with Gasteiger partial charge in [0.2, 0.25) is 10.0 Å². The number of nitrogens with zero attached hydrogens (tertiary/aromatic N) is 2. The molecule has 0 radical (unpaired) electrons. The Kier molecular flexibility index (Phi) is 5.82. The predicted molar refractivity (Wildman–Crippen MR) is 104 cm³/mol. The number of amides is 2. The Morgan fingerprint density at radius 3 is 2.67 bits per heavy atom. The van der Waals surface area contributed by atoms with Crippen LogP contribution in [0.3, 0.4) is 0 Å². The van der Waals surface area contributed by atoms with Crippen molar-refractivity contribution in [2.75, 3.05) is 17.0 Å². The van der Waals surface area contributed by atoms with Crippen LogP contribution in [0.5, 0.6) is 0 Å². The third-order valence-electron chi connectivity index (χ3n) is 3.70. The monoisotopic (exact) mass is 407 g/mol. The maximum absolute atomic E-state index is 12.1. The second kappa shape index (κ2) is 8.28. The fourth-order valence-corrected chi connectivity index (χ4v) is 3.45. The number of carbonyl (C=O) groups excluding carboxylic acids is 1. The summed E-state index contributed by atoms with van der Waals surface area (Å²) in [5.41, 5.74) is 2.10. The Labute approximate surface area is 161 Å². The van der Waals surface area contributed by atoms with Crippen molar-refractivity contribution >= 4 is 38.9 Å². The third-order valence-corrected chi connectivity index (χ3v) is 5.24. The number of fused-ring (bicyclic) bond motifs is 1. The fourth-order valence-electron chi connectivity index (χ4n) is 2.36. The first-order valence-electron chi connectivity index (χ1n) is 8.11. The average molecular weight is 408 g/mol. The molecule has 0 aliphatic carbocycles. The van der Waals surface area contributed by atoms with Gasteiger partial charge in [-0.25, -0.2) is 17.7 Å². The lowest BCUT2D eigenvalue weighted by atomic mass is 10.2. The lowest BCUT2D eigenvalue weighted by molar-refractivity contribution is 0.241. The highest BCUT2D eigenvalue weighted by Crippen LogP contribution is 2.13. The Hall–Kier alpha value is -2.78. The van der Waals surface area contributed by atoms with Gasteiger partial charge in [-0.05, 0) is 35.9 Å². The number of benzene rings is 1. The molecule has 0 saturated heterocycles. The molecule has 0 bridgehead atoms. The quantitative estimate of drug-likeness (QED) is 0.558. The molecule has 0 aliphatic rings. The second-order valence-electron chi connectivity index (χ2n) is 5.77. The molecule has 142 valence electrons. The van der Waals surface area contributed by atoms with E-state index in [-0.39, 0.29) is 12.3 Å². The Morgan fingerprint density at radius 1 is 1.11 bits per heavy atom. The van der Waals surface area contributed by atoms with Crippen LogP contribution in [0.4, 0.5) is 10.5 Å². The summed E-state index contributed by atoms with van der Waals surface area (Å²) >= 11 is 5.80. The predicted octanol–water partition coefficient (Wildman–Crippen LogP) is 2.23. The number of sulfonamides is 1. The van der Waals surface area contributed by atoms with Crippen molar-refractivity contribution in [3.05, 3.63) is 65.4 Å². The van der Waals surface area contributed by atoms with E-state index in [2.05, 4.69) is 20.5 Å². The summed E-state index contributed by atoms with van der Waals surface area (Å²) in [5.74, 6) is -0.244. The van der Waals surface area contributed by atoms with E-state index in [9.17, 15) is 13.2 Å². The number of hydrogen-bond acceptors (Lipinski definition) is 4. The number of nitrogens with one attached hydrogen (secondary N) is 3. The van der Waals surface area contributed by atoms with Gasteiger partial charge in [0.15, 0.2) is 0 Å². The number of aromatic nitrogens is 2. The molecule has 0 aliphatic heterocycles. The van der Waals surface area contributed by atoms with E-state index >= 15 is 0 Å². The van der Waals surface area contributed by atoms with Crippen LogP contribution >= 0.6 is 11.6 Å². The second-order valence-corrected chi connectivity index (χ2v) is 8.05. The molecule has 2 amide bonds. The standard InChI is InChI=1S/C17H18ClN5O3S/c18-14-3-1-13(2-4-14)12-20-17(24)19-8-10-27(25,26)22-15-6-9-23-16(11-15)5-7-21-23/h1-7,9,11,22H,8,10,12H2,(H2,19,20,24). The van der Waals surface area contributed by atoms with E-state index in [4.69, 9.17) is 11.6 Å². The van der Waals surface area contributed by atoms with Crippen LogP contribution in [-0.4, -0.2) is 36.4 Å².